The summed E-state index contributed by atoms with van der Waals surface area (Å²) in [7, 11) is 0. The van der Waals surface area contributed by atoms with Crippen molar-refractivity contribution in [2.24, 2.45) is 0 Å². The number of carbonyl (C=O) groups excluding carboxylic acids is 1. The van der Waals surface area contributed by atoms with Gasteiger partial charge in [0.2, 0.25) is 0 Å². The normalized spacial score (nSPS) is 27.2. The molecule has 1 aliphatic rings. The Bertz CT molecular complexity index is 221. The van der Waals surface area contributed by atoms with Crippen molar-refractivity contribution in [2.45, 2.75) is 18.3 Å². The molecule has 1 heterocycles. The lowest BCUT2D eigenvalue weighted by Gasteiger charge is -2.08. The highest BCUT2D eigenvalue weighted by molar-refractivity contribution is 8.00. The van der Waals surface area contributed by atoms with E-state index in [2.05, 4.69) is 5.32 Å². The number of thioether (sulfide) groups is 1. The van der Waals surface area contributed by atoms with E-state index < -0.39 is 17.4 Å². The van der Waals surface area contributed by atoms with Crippen molar-refractivity contribution in [1.29, 1.82) is 0 Å². The molecular weight excluding hydrogens is 194 g/mol. The minimum atomic E-state index is -0.947. The highest BCUT2D eigenvalue weighted by atomic mass is 32.2. The molecule has 0 bridgehead atoms. The molecule has 1 fully saturated rings. The second-order valence-electron chi connectivity index (χ2n) is 2.52. The largest absolute Gasteiger partial charge is 0.479 e. The fraction of sp³-hybridized carbons (Fsp3) is 0.714. The molecule has 2 atom stereocenters. The summed E-state index contributed by atoms with van der Waals surface area (Å²) >= 11 is 1.20. The van der Waals surface area contributed by atoms with E-state index in [-0.39, 0.29) is 5.97 Å². The predicted molar refractivity (Wildman–Crippen MR) is 47.4 cm³/mol. The highest BCUT2D eigenvalue weighted by Crippen LogP contribution is 2.19. The molecule has 1 aliphatic heterocycles. The average molecular weight is 205 g/mol. The second-order valence-corrected chi connectivity index (χ2v) is 3.66. The molecule has 0 radical (unpaired) electrons. The van der Waals surface area contributed by atoms with Gasteiger partial charge in [-0.3, -0.25) is 10.1 Å². The summed E-state index contributed by atoms with van der Waals surface area (Å²) in [6, 6.07) is -0.481. The van der Waals surface area contributed by atoms with Crippen LogP contribution in [0.3, 0.4) is 0 Å². The zero-order valence-corrected chi connectivity index (χ0v) is 7.97. The Labute approximate surface area is 79.8 Å². The van der Waals surface area contributed by atoms with Crippen molar-refractivity contribution in [3.8, 4) is 0 Å². The van der Waals surface area contributed by atoms with Crippen LogP contribution in [0.25, 0.3) is 0 Å². The van der Waals surface area contributed by atoms with Crippen molar-refractivity contribution in [3.63, 3.8) is 0 Å². The van der Waals surface area contributed by atoms with Gasteiger partial charge in [0.25, 0.3) is 0 Å². The Kier molecular flexibility index (Phi) is 3.56. The molecule has 0 saturated carbocycles. The summed E-state index contributed by atoms with van der Waals surface area (Å²) in [4.78, 5) is 21.6. The molecule has 74 valence electrons. The van der Waals surface area contributed by atoms with Crippen LogP contribution in [0.5, 0.6) is 0 Å². The van der Waals surface area contributed by atoms with Crippen LogP contribution >= 0.6 is 11.8 Å². The lowest BCUT2D eigenvalue weighted by molar-refractivity contribution is -0.145. The molecule has 13 heavy (non-hydrogen) atoms. The summed E-state index contributed by atoms with van der Waals surface area (Å²) in [5.41, 5.74) is 0. The van der Waals surface area contributed by atoms with Gasteiger partial charge in [-0.1, -0.05) is 0 Å². The fourth-order valence-corrected chi connectivity index (χ4v) is 2.01. The molecule has 0 amide bonds. The number of ether oxygens (including phenoxy) is 1. The molecule has 0 aromatic heterocycles. The molecule has 1 saturated heterocycles. The lowest BCUT2D eigenvalue weighted by atomic mass is 10.3. The first kappa shape index (κ1) is 10.3. The van der Waals surface area contributed by atoms with Gasteiger partial charge in [-0.2, -0.15) is 0 Å². The van der Waals surface area contributed by atoms with Gasteiger partial charge >= 0.3 is 11.9 Å². The van der Waals surface area contributed by atoms with Crippen LogP contribution < -0.4 is 5.32 Å². The standard InChI is InChI=1S/C7H11NO4S/c1-2-12-7(11)4-3-13-5(8-4)6(9)10/h4-5,8H,2-3H2,1H3,(H,9,10). The van der Waals surface area contributed by atoms with Gasteiger partial charge < -0.3 is 9.84 Å². The van der Waals surface area contributed by atoms with Crippen molar-refractivity contribution >= 4 is 23.7 Å². The number of hydrogen-bond acceptors (Lipinski definition) is 5. The smallest absolute Gasteiger partial charge is 0.331 e. The van der Waals surface area contributed by atoms with Crippen LogP contribution in [0.4, 0.5) is 0 Å². The third kappa shape index (κ3) is 2.60. The number of carboxylic acids is 1. The number of aliphatic carboxylic acids is 1. The molecule has 0 aliphatic carbocycles. The Balaban J connectivity index is 2.40. The summed E-state index contributed by atoms with van der Waals surface area (Å²) in [6.45, 7) is 2.04. The maximum absolute atomic E-state index is 11.1. The maximum atomic E-state index is 11.1. The van der Waals surface area contributed by atoms with E-state index in [1.165, 1.54) is 11.8 Å². The molecular formula is C7H11NO4S. The number of carboxylic acid groups (broad SMARTS) is 1. The third-order valence-corrected chi connectivity index (χ3v) is 2.77. The Morgan fingerprint density at radius 3 is 2.85 bits per heavy atom. The van der Waals surface area contributed by atoms with Crippen LogP contribution in [0.15, 0.2) is 0 Å². The van der Waals surface area contributed by atoms with E-state index in [0.29, 0.717) is 12.4 Å². The maximum Gasteiger partial charge on any atom is 0.331 e. The molecule has 2 unspecified atom stereocenters. The minimum Gasteiger partial charge on any atom is -0.479 e. The molecule has 6 heteroatoms. The summed E-state index contributed by atoms with van der Waals surface area (Å²) in [5, 5.41) is 10.6. The lowest BCUT2D eigenvalue weighted by Crippen LogP contribution is -2.40. The Morgan fingerprint density at radius 1 is 1.69 bits per heavy atom. The number of carbonyl (C=O) groups is 2. The van der Waals surface area contributed by atoms with Gasteiger partial charge in [-0.05, 0) is 6.92 Å². The van der Waals surface area contributed by atoms with E-state index in [4.69, 9.17) is 9.84 Å². The first-order valence-electron chi connectivity index (χ1n) is 3.92. The zero-order valence-electron chi connectivity index (χ0n) is 7.15. The van der Waals surface area contributed by atoms with E-state index in [1.807, 2.05) is 0 Å². The minimum absolute atomic E-state index is 0.319. The van der Waals surface area contributed by atoms with Gasteiger partial charge in [0, 0.05) is 5.75 Å². The number of esters is 1. The van der Waals surface area contributed by atoms with Crippen LogP contribution in [-0.2, 0) is 14.3 Å². The van der Waals surface area contributed by atoms with Gasteiger partial charge in [-0.25, -0.2) is 4.79 Å². The molecule has 2 N–H and O–H groups in total. The molecule has 0 aromatic rings. The average Bonchev–Trinajstić information content (AvgIpc) is 2.52. The van der Waals surface area contributed by atoms with Gasteiger partial charge in [0.15, 0.2) is 5.37 Å². The van der Waals surface area contributed by atoms with Crippen molar-refractivity contribution in [2.75, 3.05) is 12.4 Å². The number of hydrogen-bond donors (Lipinski definition) is 2. The van der Waals surface area contributed by atoms with Crippen molar-refractivity contribution < 1.29 is 19.4 Å². The third-order valence-electron chi connectivity index (χ3n) is 1.58. The summed E-state index contributed by atoms with van der Waals surface area (Å²) < 4.78 is 4.75. The van der Waals surface area contributed by atoms with Crippen LogP contribution in [0, 0.1) is 0 Å². The van der Waals surface area contributed by atoms with Crippen molar-refractivity contribution in [1.82, 2.24) is 5.32 Å². The monoisotopic (exact) mass is 205 g/mol. The highest BCUT2D eigenvalue weighted by Gasteiger charge is 2.34. The second kappa shape index (κ2) is 4.48. The van der Waals surface area contributed by atoms with Crippen molar-refractivity contribution in [3.05, 3.63) is 0 Å². The predicted octanol–water partition coefficient (Wildman–Crippen LogP) is -0.335. The SMILES string of the molecule is CCOC(=O)C1CSC(C(=O)O)N1. The Morgan fingerprint density at radius 2 is 2.38 bits per heavy atom. The van der Waals surface area contributed by atoms with E-state index in [9.17, 15) is 9.59 Å². The topological polar surface area (TPSA) is 75.6 Å². The fourth-order valence-electron chi connectivity index (χ4n) is 0.993. The number of nitrogens with one attached hydrogen (secondary N) is 1. The summed E-state index contributed by atoms with van der Waals surface area (Å²) in [6.07, 6.45) is 0. The zero-order chi connectivity index (χ0) is 9.84. The Hall–Kier alpha value is -0.750. The van der Waals surface area contributed by atoms with Gasteiger partial charge in [-0.15, -0.1) is 11.8 Å². The molecule has 5 nitrogen and oxygen atoms in total. The molecule has 0 aromatic carbocycles. The number of rotatable bonds is 3. The van der Waals surface area contributed by atoms with Gasteiger partial charge in [0.1, 0.15) is 6.04 Å². The quantitative estimate of drug-likeness (QED) is 0.614. The van der Waals surface area contributed by atoms with E-state index in [0.717, 1.165) is 0 Å². The first-order chi connectivity index (χ1) is 6.15. The summed E-state index contributed by atoms with van der Waals surface area (Å²) in [5.74, 6) is -0.869. The van der Waals surface area contributed by atoms with Crippen LogP contribution in [-0.4, -0.2) is 40.8 Å². The van der Waals surface area contributed by atoms with Crippen LogP contribution in [0.1, 0.15) is 6.92 Å². The van der Waals surface area contributed by atoms with E-state index >= 15 is 0 Å². The van der Waals surface area contributed by atoms with Gasteiger partial charge in [0.05, 0.1) is 6.61 Å². The first-order valence-corrected chi connectivity index (χ1v) is 4.97. The van der Waals surface area contributed by atoms with Crippen LogP contribution in [0.2, 0.25) is 0 Å². The van der Waals surface area contributed by atoms with E-state index in [1.54, 1.807) is 6.92 Å². The molecule has 0 spiro atoms. The molecule has 1 rings (SSSR count).